The van der Waals surface area contributed by atoms with E-state index in [9.17, 15) is 0 Å². The van der Waals surface area contributed by atoms with E-state index in [4.69, 9.17) is 4.84 Å². The molecule has 0 aliphatic heterocycles. The van der Waals surface area contributed by atoms with E-state index in [2.05, 4.69) is 5.10 Å². The van der Waals surface area contributed by atoms with Gasteiger partial charge < -0.3 is 4.84 Å². The Labute approximate surface area is 47.8 Å². The molecule has 0 radical (unpaired) electrons. The molecule has 0 amide bonds. The molecule has 0 aromatic carbocycles. The van der Waals surface area contributed by atoms with Gasteiger partial charge in [-0.25, -0.2) is 0 Å². The lowest BCUT2D eigenvalue weighted by Crippen LogP contribution is -2.04. The van der Waals surface area contributed by atoms with Crippen molar-refractivity contribution in [1.29, 1.82) is 0 Å². The second-order valence-corrected chi connectivity index (χ2v) is 1.60. The summed E-state index contributed by atoms with van der Waals surface area (Å²) >= 11 is 0. The highest BCUT2D eigenvalue weighted by Gasteiger charge is 1.86. The number of aromatic nitrogens is 2. The molecule has 0 fully saturated rings. The second-order valence-electron chi connectivity index (χ2n) is 1.60. The molecule has 0 unspecified atom stereocenters. The summed E-state index contributed by atoms with van der Waals surface area (Å²) in [4.78, 5) is 6.15. The fraction of sp³-hybridized carbons (Fsp3) is 0.400. The smallest absolute Gasteiger partial charge is 0.106 e. The van der Waals surface area contributed by atoms with Crippen LogP contribution in [-0.4, -0.2) is 17.1 Å². The zero-order chi connectivity index (χ0) is 5.98. The standard InChI is InChI=1S/C5H8N2O/c1-5-3-6-7(4-5)8-2/h3-4H,1-2H3. The van der Waals surface area contributed by atoms with Crippen LogP contribution in [0.4, 0.5) is 0 Å². The molecule has 0 saturated carbocycles. The first kappa shape index (κ1) is 5.15. The highest BCUT2D eigenvalue weighted by molar-refractivity contribution is 4.98. The third kappa shape index (κ3) is 0.804. The average Bonchev–Trinajstić information content (AvgIpc) is 2.14. The van der Waals surface area contributed by atoms with Gasteiger partial charge in [-0.05, 0) is 12.5 Å². The van der Waals surface area contributed by atoms with Gasteiger partial charge in [-0.2, -0.15) is 0 Å². The summed E-state index contributed by atoms with van der Waals surface area (Å²) < 4.78 is 0. The molecule has 1 rings (SSSR count). The molecule has 0 atom stereocenters. The molecule has 0 spiro atoms. The van der Waals surface area contributed by atoms with Gasteiger partial charge in [-0.3, -0.25) is 0 Å². The summed E-state index contributed by atoms with van der Waals surface area (Å²) in [5.41, 5.74) is 1.10. The van der Waals surface area contributed by atoms with Crippen LogP contribution < -0.4 is 4.84 Å². The fourth-order valence-electron chi connectivity index (χ4n) is 0.489. The van der Waals surface area contributed by atoms with E-state index in [1.165, 1.54) is 4.85 Å². The normalized spacial score (nSPS) is 9.25. The Morgan fingerprint density at radius 2 is 2.50 bits per heavy atom. The molecule has 0 aliphatic rings. The Hall–Kier alpha value is -0.990. The summed E-state index contributed by atoms with van der Waals surface area (Å²) in [6, 6.07) is 0. The van der Waals surface area contributed by atoms with Gasteiger partial charge in [0.1, 0.15) is 7.11 Å². The van der Waals surface area contributed by atoms with Gasteiger partial charge in [0.05, 0.1) is 12.4 Å². The Morgan fingerprint density at radius 3 is 2.75 bits per heavy atom. The maximum atomic E-state index is 4.74. The SMILES string of the molecule is COn1cc(C)cn1. The number of hydrogen-bond acceptors (Lipinski definition) is 2. The van der Waals surface area contributed by atoms with Gasteiger partial charge in [0.2, 0.25) is 0 Å². The second kappa shape index (κ2) is 1.86. The predicted molar refractivity (Wildman–Crippen MR) is 29.5 cm³/mol. The van der Waals surface area contributed by atoms with Gasteiger partial charge in [0.15, 0.2) is 0 Å². The molecule has 44 valence electrons. The van der Waals surface area contributed by atoms with Gasteiger partial charge in [0.25, 0.3) is 0 Å². The minimum atomic E-state index is 1.10. The summed E-state index contributed by atoms with van der Waals surface area (Å²) in [6.45, 7) is 1.96. The quantitative estimate of drug-likeness (QED) is 0.520. The van der Waals surface area contributed by atoms with Crippen LogP contribution in [0.2, 0.25) is 0 Å². The van der Waals surface area contributed by atoms with E-state index in [1.807, 2.05) is 6.92 Å². The van der Waals surface area contributed by atoms with Crippen molar-refractivity contribution in [3.05, 3.63) is 18.0 Å². The first-order valence-corrected chi connectivity index (χ1v) is 2.38. The zero-order valence-electron chi connectivity index (χ0n) is 4.96. The molecule has 0 bridgehead atoms. The van der Waals surface area contributed by atoms with Crippen molar-refractivity contribution in [1.82, 2.24) is 9.94 Å². The molecular formula is C5H8N2O. The third-order valence-corrected chi connectivity index (χ3v) is 0.876. The largest absolute Gasteiger partial charge is 0.400 e. The fourth-order valence-corrected chi connectivity index (χ4v) is 0.489. The molecule has 0 N–H and O–H groups in total. The van der Waals surface area contributed by atoms with E-state index in [0.717, 1.165) is 5.56 Å². The van der Waals surface area contributed by atoms with Gasteiger partial charge in [-0.15, -0.1) is 9.94 Å². The van der Waals surface area contributed by atoms with Crippen molar-refractivity contribution in [2.45, 2.75) is 6.92 Å². The average molecular weight is 112 g/mol. The van der Waals surface area contributed by atoms with E-state index in [0.29, 0.717) is 0 Å². The van der Waals surface area contributed by atoms with Crippen LogP contribution in [0.25, 0.3) is 0 Å². The zero-order valence-corrected chi connectivity index (χ0v) is 4.96. The highest BCUT2D eigenvalue weighted by atomic mass is 16.7. The van der Waals surface area contributed by atoms with Crippen molar-refractivity contribution in [2.75, 3.05) is 7.11 Å². The first-order valence-electron chi connectivity index (χ1n) is 2.38. The Balaban J connectivity index is 2.84. The third-order valence-electron chi connectivity index (χ3n) is 0.876. The maximum Gasteiger partial charge on any atom is 0.106 e. The van der Waals surface area contributed by atoms with Crippen molar-refractivity contribution in [3.63, 3.8) is 0 Å². The van der Waals surface area contributed by atoms with E-state index in [1.54, 1.807) is 19.5 Å². The van der Waals surface area contributed by atoms with Crippen molar-refractivity contribution in [2.24, 2.45) is 0 Å². The minimum Gasteiger partial charge on any atom is -0.400 e. The van der Waals surface area contributed by atoms with Gasteiger partial charge in [0, 0.05) is 0 Å². The number of rotatable bonds is 1. The van der Waals surface area contributed by atoms with E-state index < -0.39 is 0 Å². The van der Waals surface area contributed by atoms with Crippen LogP contribution in [0.15, 0.2) is 12.4 Å². The monoisotopic (exact) mass is 112 g/mol. The number of hydrogen-bond donors (Lipinski definition) is 0. The lowest BCUT2D eigenvalue weighted by molar-refractivity contribution is 0.134. The first-order chi connectivity index (χ1) is 3.83. The summed E-state index contributed by atoms with van der Waals surface area (Å²) in [6.07, 6.45) is 3.55. The topological polar surface area (TPSA) is 27.1 Å². The molecule has 3 nitrogen and oxygen atoms in total. The van der Waals surface area contributed by atoms with E-state index in [-0.39, 0.29) is 0 Å². The van der Waals surface area contributed by atoms with Crippen molar-refractivity contribution >= 4 is 0 Å². The Morgan fingerprint density at radius 1 is 1.75 bits per heavy atom. The van der Waals surface area contributed by atoms with Gasteiger partial charge in [-0.1, -0.05) is 0 Å². The molecule has 8 heavy (non-hydrogen) atoms. The van der Waals surface area contributed by atoms with Gasteiger partial charge >= 0.3 is 0 Å². The van der Waals surface area contributed by atoms with Crippen LogP contribution in [-0.2, 0) is 0 Å². The number of aryl methyl sites for hydroxylation is 1. The Bertz CT molecular complexity index is 171. The Kier molecular flexibility index (Phi) is 1.20. The molecule has 0 aliphatic carbocycles. The van der Waals surface area contributed by atoms with Crippen LogP contribution in [0.1, 0.15) is 5.56 Å². The molecular weight excluding hydrogens is 104 g/mol. The van der Waals surface area contributed by atoms with Crippen molar-refractivity contribution in [3.8, 4) is 0 Å². The predicted octanol–water partition coefficient (Wildman–Crippen LogP) is 0.250. The van der Waals surface area contributed by atoms with Crippen LogP contribution in [0.3, 0.4) is 0 Å². The van der Waals surface area contributed by atoms with Crippen LogP contribution in [0, 0.1) is 6.92 Å². The maximum absolute atomic E-state index is 4.74. The molecule has 1 heterocycles. The highest BCUT2D eigenvalue weighted by Crippen LogP contribution is 1.89. The lowest BCUT2D eigenvalue weighted by atomic mass is 10.4. The van der Waals surface area contributed by atoms with Crippen LogP contribution in [0.5, 0.6) is 0 Å². The van der Waals surface area contributed by atoms with Crippen LogP contribution >= 0.6 is 0 Å². The molecule has 1 aromatic heterocycles. The lowest BCUT2D eigenvalue weighted by Gasteiger charge is -1.92. The summed E-state index contributed by atoms with van der Waals surface area (Å²) in [5, 5.41) is 3.83. The molecule has 0 saturated heterocycles. The minimum absolute atomic E-state index is 1.10. The number of nitrogens with zero attached hydrogens (tertiary/aromatic N) is 2. The molecule has 1 aromatic rings. The van der Waals surface area contributed by atoms with Crippen molar-refractivity contribution < 1.29 is 4.84 Å². The summed E-state index contributed by atoms with van der Waals surface area (Å²) in [7, 11) is 1.58. The van der Waals surface area contributed by atoms with E-state index >= 15 is 0 Å². The molecule has 3 heteroatoms. The summed E-state index contributed by atoms with van der Waals surface area (Å²) in [5.74, 6) is 0.